The summed E-state index contributed by atoms with van der Waals surface area (Å²) >= 11 is 0. The van der Waals surface area contributed by atoms with Gasteiger partial charge in [0.05, 0.1) is 12.8 Å². The van der Waals surface area contributed by atoms with Crippen LogP contribution in [-0.4, -0.2) is 26.1 Å². The molecular weight excluding hydrogens is 432 g/mol. The van der Waals surface area contributed by atoms with E-state index in [9.17, 15) is 4.79 Å². The molecule has 1 rings (SSSR count). The van der Waals surface area contributed by atoms with E-state index >= 15 is 0 Å². The molecule has 1 aromatic rings. The minimum absolute atomic E-state index is 0.0860. The van der Waals surface area contributed by atoms with E-state index in [1.807, 2.05) is 12.1 Å². The van der Waals surface area contributed by atoms with Crippen molar-refractivity contribution < 1.29 is 9.53 Å². The van der Waals surface area contributed by atoms with Gasteiger partial charge in [-0.2, -0.15) is 0 Å². The number of ether oxygens (including phenoxy) is 1. The van der Waals surface area contributed by atoms with Gasteiger partial charge in [-0.05, 0) is 43.9 Å². The number of benzene rings is 1. The van der Waals surface area contributed by atoms with E-state index < -0.39 is 0 Å². The number of amides is 1. The van der Waals surface area contributed by atoms with Crippen LogP contribution in [0.4, 0.5) is 11.4 Å². The molecule has 1 N–H and O–H groups in total. The molecule has 0 saturated carbocycles. The fourth-order valence-corrected chi connectivity index (χ4v) is 4.75. The molecule has 35 heavy (non-hydrogen) atoms. The van der Waals surface area contributed by atoms with E-state index in [1.54, 1.807) is 7.11 Å². The monoisotopic (exact) mass is 488 g/mol. The number of anilines is 2. The van der Waals surface area contributed by atoms with Crippen LogP contribution in [0, 0.1) is 5.92 Å². The molecular formula is C31H56N2O2. The molecule has 0 heterocycles. The maximum Gasteiger partial charge on any atom is 0.227 e. The van der Waals surface area contributed by atoms with Crippen LogP contribution >= 0.6 is 0 Å². The van der Waals surface area contributed by atoms with Crippen LogP contribution in [0.3, 0.4) is 0 Å². The zero-order valence-corrected chi connectivity index (χ0v) is 23.8. The van der Waals surface area contributed by atoms with E-state index in [0.29, 0.717) is 0 Å². The van der Waals surface area contributed by atoms with Crippen LogP contribution in [-0.2, 0) is 4.79 Å². The Morgan fingerprint density at radius 1 is 0.800 bits per heavy atom. The summed E-state index contributed by atoms with van der Waals surface area (Å²) in [5.74, 6) is 1.14. The number of nitrogens with one attached hydrogen (secondary N) is 1. The number of hydrogen-bond acceptors (Lipinski definition) is 3. The van der Waals surface area contributed by atoms with Crippen molar-refractivity contribution in [3.63, 3.8) is 0 Å². The predicted molar refractivity (Wildman–Crippen MR) is 154 cm³/mol. The van der Waals surface area contributed by atoms with Gasteiger partial charge in [0.25, 0.3) is 0 Å². The van der Waals surface area contributed by atoms with E-state index in [0.717, 1.165) is 55.9 Å². The maximum absolute atomic E-state index is 12.9. The first-order valence-corrected chi connectivity index (χ1v) is 14.8. The second kappa shape index (κ2) is 20.5. The molecule has 1 unspecified atom stereocenters. The number of nitrogens with zero attached hydrogens (tertiary/aromatic N) is 1. The molecule has 4 heteroatoms. The first kappa shape index (κ1) is 31.3. The average molecular weight is 489 g/mol. The van der Waals surface area contributed by atoms with Gasteiger partial charge in [-0.25, -0.2) is 0 Å². The Bertz CT molecular complexity index is 645. The van der Waals surface area contributed by atoms with Crippen molar-refractivity contribution in [3.05, 3.63) is 18.2 Å². The number of methoxy groups -OCH3 is 1. The number of carbonyl (C=O) groups excluding carboxylic acids is 1. The van der Waals surface area contributed by atoms with Crippen molar-refractivity contribution in [2.24, 2.45) is 5.92 Å². The second-order valence-electron chi connectivity index (χ2n) is 10.1. The number of unbranched alkanes of at least 4 members (excludes halogenated alkanes) is 11. The van der Waals surface area contributed by atoms with E-state index in [2.05, 4.69) is 44.0 Å². The first-order valence-electron chi connectivity index (χ1n) is 14.8. The summed E-state index contributed by atoms with van der Waals surface area (Å²) in [6.45, 7) is 10.9. The molecule has 0 saturated heterocycles. The molecule has 0 aliphatic carbocycles. The molecule has 0 fully saturated rings. The minimum Gasteiger partial charge on any atom is -0.495 e. The standard InChI is InChI=1S/C31H56N2O2/c1-6-10-13-15-17-19-24-33(25-20-18-16-14-11-7-2)29-26-28(22-23-30(29)35-5)32-31(34)27(9-4)21-12-8-3/h22-23,26-27H,6-21,24-25H2,1-5H3,(H,32,34). The van der Waals surface area contributed by atoms with Crippen LogP contribution in [0.5, 0.6) is 5.75 Å². The third kappa shape index (κ3) is 13.2. The Labute approximate surface area is 217 Å². The lowest BCUT2D eigenvalue weighted by atomic mass is 9.98. The van der Waals surface area contributed by atoms with E-state index in [1.165, 1.54) is 77.0 Å². The summed E-state index contributed by atoms with van der Waals surface area (Å²) in [5, 5.41) is 3.21. The normalized spacial score (nSPS) is 11.9. The third-order valence-corrected chi connectivity index (χ3v) is 7.12. The zero-order valence-electron chi connectivity index (χ0n) is 23.8. The summed E-state index contributed by atoms with van der Waals surface area (Å²) in [4.78, 5) is 15.4. The summed E-state index contributed by atoms with van der Waals surface area (Å²) in [7, 11) is 1.75. The summed E-state index contributed by atoms with van der Waals surface area (Å²) in [6.07, 6.45) is 19.6. The van der Waals surface area contributed by atoms with Crippen molar-refractivity contribution in [2.75, 3.05) is 30.4 Å². The fourth-order valence-electron chi connectivity index (χ4n) is 4.75. The molecule has 4 nitrogen and oxygen atoms in total. The van der Waals surface area contributed by atoms with Gasteiger partial charge in [0.15, 0.2) is 0 Å². The van der Waals surface area contributed by atoms with Crippen LogP contribution in [0.15, 0.2) is 18.2 Å². The highest BCUT2D eigenvalue weighted by molar-refractivity contribution is 5.93. The molecule has 0 radical (unpaired) electrons. The Kier molecular flexibility index (Phi) is 18.3. The summed E-state index contributed by atoms with van der Waals surface area (Å²) in [5.41, 5.74) is 2.01. The lowest BCUT2D eigenvalue weighted by Gasteiger charge is -2.27. The molecule has 1 atom stereocenters. The third-order valence-electron chi connectivity index (χ3n) is 7.12. The highest BCUT2D eigenvalue weighted by atomic mass is 16.5. The maximum atomic E-state index is 12.9. The summed E-state index contributed by atoms with van der Waals surface area (Å²) in [6, 6.07) is 6.14. The quantitative estimate of drug-likeness (QED) is 0.165. The number of carbonyl (C=O) groups is 1. The molecule has 0 aromatic heterocycles. The van der Waals surface area contributed by atoms with Crippen LogP contribution in [0.2, 0.25) is 0 Å². The van der Waals surface area contributed by atoms with Gasteiger partial charge >= 0.3 is 0 Å². The fraction of sp³-hybridized carbons (Fsp3) is 0.774. The van der Waals surface area contributed by atoms with Gasteiger partial charge in [-0.15, -0.1) is 0 Å². The van der Waals surface area contributed by atoms with Gasteiger partial charge in [0, 0.05) is 24.7 Å². The van der Waals surface area contributed by atoms with Crippen molar-refractivity contribution >= 4 is 17.3 Å². The highest BCUT2D eigenvalue weighted by Crippen LogP contribution is 2.32. The first-order chi connectivity index (χ1) is 17.1. The lowest BCUT2D eigenvalue weighted by Crippen LogP contribution is -2.27. The van der Waals surface area contributed by atoms with Crippen molar-refractivity contribution in [2.45, 2.75) is 130 Å². The number of hydrogen-bond donors (Lipinski definition) is 1. The van der Waals surface area contributed by atoms with Gasteiger partial charge in [-0.3, -0.25) is 4.79 Å². The van der Waals surface area contributed by atoms with E-state index in [4.69, 9.17) is 4.74 Å². The van der Waals surface area contributed by atoms with Crippen LogP contribution in [0.1, 0.15) is 130 Å². The molecule has 1 aromatic carbocycles. The summed E-state index contributed by atoms with van der Waals surface area (Å²) < 4.78 is 5.77. The van der Waals surface area contributed by atoms with Crippen LogP contribution in [0.25, 0.3) is 0 Å². The molecule has 0 bridgehead atoms. The van der Waals surface area contributed by atoms with Gasteiger partial charge in [0.2, 0.25) is 5.91 Å². The second-order valence-corrected chi connectivity index (χ2v) is 10.1. The Balaban J connectivity index is 2.90. The molecule has 0 aliphatic heterocycles. The predicted octanol–water partition coefficient (Wildman–Crippen LogP) is 9.38. The van der Waals surface area contributed by atoms with Gasteiger partial charge in [-0.1, -0.05) is 105 Å². The van der Waals surface area contributed by atoms with Crippen LogP contribution < -0.4 is 15.0 Å². The smallest absolute Gasteiger partial charge is 0.227 e. The van der Waals surface area contributed by atoms with Crippen molar-refractivity contribution in [1.82, 2.24) is 0 Å². The van der Waals surface area contributed by atoms with Crippen molar-refractivity contribution in [1.29, 1.82) is 0 Å². The number of rotatable bonds is 22. The zero-order chi connectivity index (χ0) is 25.7. The molecule has 0 spiro atoms. The average Bonchev–Trinajstić information content (AvgIpc) is 2.87. The molecule has 1 amide bonds. The van der Waals surface area contributed by atoms with E-state index in [-0.39, 0.29) is 11.8 Å². The highest BCUT2D eigenvalue weighted by Gasteiger charge is 2.18. The minimum atomic E-state index is 0.0860. The van der Waals surface area contributed by atoms with Gasteiger partial charge < -0.3 is 15.0 Å². The van der Waals surface area contributed by atoms with Crippen molar-refractivity contribution in [3.8, 4) is 5.75 Å². The molecule has 202 valence electrons. The Morgan fingerprint density at radius 2 is 1.34 bits per heavy atom. The lowest BCUT2D eigenvalue weighted by molar-refractivity contribution is -0.120. The molecule has 0 aliphatic rings. The largest absolute Gasteiger partial charge is 0.495 e. The Morgan fingerprint density at radius 3 is 1.86 bits per heavy atom. The topological polar surface area (TPSA) is 41.6 Å². The Hall–Kier alpha value is -1.71. The SMILES string of the molecule is CCCCCCCCN(CCCCCCCC)c1cc(NC(=O)C(CC)CCCC)ccc1OC. The van der Waals surface area contributed by atoms with Gasteiger partial charge in [0.1, 0.15) is 5.75 Å².